The van der Waals surface area contributed by atoms with Crippen molar-refractivity contribution in [3.63, 3.8) is 0 Å². The van der Waals surface area contributed by atoms with Gasteiger partial charge in [0.1, 0.15) is 18.0 Å². The Bertz CT molecular complexity index is 642. The third-order valence-corrected chi connectivity index (χ3v) is 3.81. The number of anilines is 1. The number of hydrogen-bond acceptors (Lipinski definition) is 8. The molecular formula is C11H16N6O3. The molecule has 0 unspecified atom stereocenters. The molecule has 4 atom stereocenters. The number of nitrogens with one attached hydrogen (secondary N) is 1. The molecule has 0 saturated carbocycles. The van der Waals surface area contributed by atoms with Gasteiger partial charge in [-0.2, -0.15) is 9.61 Å². The van der Waals surface area contributed by atoms with Crippen molar-refractivity contribution < 1.29 is 15.3 Å². The number of fused-ring (bicyclic) bond motifs is 1. The Morgan fingerprint density at radius 3 is 2.90 bits per heavy atom. The minimum absolute atomic E-state index is 0.179. The van der Waals surface area contributed by atoms with E-state index in [-0.39, 0.29) is 12.6 Å². The molecule has 0 aliphatic carbocycles. The molecule has 1 saturated heterocycles. The topological polar surface area (TPSA) is 142 Å². The van der Waals surface area contributed by atoms with Crippen LogP contribution in [0.1, 0.15) is 18.5 Å². The maximum absolute atomic E-state index is 10.5. The number of nitrogens with zero attached hydrogens (tertiary/aromatic N) is 4. The van der Waals surface area contributed by atoms with E-state index in [9.17, 15) is 15.3 Å². The van der Waals surface area contributed by atoms with Gasteiger partial charge in [-0.25, -0.2) is 9.97 Å². The average molecular weight is 280 g/mol. The van der Waals surface area contributed by atoms with E-state index in [1.807, 2.05) is 0 Å². The first kappa shape index (κ1) is 13.2. The van der Waals surface area contributed by atoms with Gasteiger partial charge in [0.25, 0.3) is 0 Å². The second-order valence-corrected chi connectivity index (χ2v) is 5.13. The summed E-state index contributed by atoms with van der Waals surface area (Å²) in [6, 6.07) is -1.24. The van der Waals surface area contributed by atoms with Gasteiger partial charge in [-0.3, -0.25) is 5.32 Å². The standard InChI is InChI=1S/C11H16N6O3/c1-11(20)7(16-6(3-18)8(11)19)5-2-15-17-9(5)13-4-14-10(17)12/h2,4,6-8,16,18-20H,3H2,1H3,(H2,12,13,14)/t6-,7+,8-,11+/m1/s1. The molecule has 0 bridgehead atoms. The molecule has 3 rings (SSSR count). The van der Waals surface area contributed by atoms with Crippen LogP contribution in [-0.4, -0.2) is 59.3 Å². The molecule has 2 aromatic heterocycles. The Hall–Kier alpha value is -1.81. The lowest BCUT2D eigenvalue weighted by Crippen LogP contribution is -2.43. The van der Waals surface area contributed by atoms with Crippen molar-refractivity contribution in [2.75, 3.05) is 12.3 Å². The Balaban J connectivity index is 2.10. The van der Waals surface area contributed by atoms with Crippen LogP contribution in [0.4, 0.5) is 5.95 Å². The van der Waals surface area contributed by atoms with Gasteiger partial charge >= 0.3 is 0 Å². The fourth-order valence-corrected chi connectivity index (χ4v) is 2.66. The Morgan fingerprint density at radius 2 is 2.25 bits per heavy atom. The summed E-state index contributed by atoms with van der Waals surface area (Å²) in [5.74, 6) is 0.179. The largest absolute Gasteiger partial charge is 0.395 e. The van der Waals surface area contributed by atoms with Crippen LogP contribution >= 0.6 is 0 Å². The first-order valence-corrected chi connectivity index (χ1v) is 6.18. The molecule has 9 heteroatoms. The van der Waals surface area contributed by atoms with E-state index in [1.54, 1.807) is 0 Å². The zero-order valence-electron chi connectivity index (χ0n) is 10.8. The number of aliphatic hydroxyl groups is 3. The summed E-state index contributed by atoms with van der Waals surface area (Å²) in [7, 11) is 0. The third-order valence-electron chi connectivity index (χ3n) is 3.81. The lowest BCUT2D eigenvalue weighted by molar-refractivity contribution is -0.0575. The third kappa shape index (κ3) is 1.68. The van der Waals surface area contributed by atoms with Crippen LogP contribution in [0.5, 0.6) is 0 Å². The van der Waals surface area contributed by atoms with Gasteiger partial charge in [0, 0.05) is 5.56 Å². The summed E-state index contributed by atoms with van der Waals surface area (Å²) < 4.78 is 1.35. The number of aliphatic hydroxyl groups excluding tert-OH is 2. The molecule has 3 heterocycles. The summed E-state index contributed by atoms with van der Waals surface area (Å²) in [4.78, 5) is 7.93. The maximum atomic E-state index is 10.5. The Kier molecular flexibility index (Phi) is 2.87. The van der Waals surface area contributed by atoms with E-state index < -0.39 is 23.8 Å². The molecule has 0 amide bonds. The van der Waals surface area contributed by atoms with E-state index in [1.165, 1.54) is 24.0 Å². The molecule has 108 valence electrons. The second-order valence-electron chi connectivity index (χ2n) is 5.13. The number of rotatable bonds is 2. The average Bonchev–Trinajstić information content (AvgIpc) is 2.92. The van der Waals surface area contributed by atoms with Gasteiger partial charge in [-0.05, 0) is 6.92 Å². The molecule has 1 fully saturated rings. The Morgan fingerprint density at radius 1 is 1.50 bits per heavy atom. The fraction of sp³-hybridized carbons (Fsp3) is 0.545. The molecule has 1 aliphatic heterocycles. The molecule has 1 aliphatic rings. The van der Waals surface area contributed by atoms with Crippen molar-refractivity contribution in [2.24, 2.45) is 0 Å². The van der Waals surface area contributed by atoms with Gasteiger partial charge in [0.2, 0.25) is 5.95 Å². The summed E-state index contributed by atoms with van der Waals surface area (Å²) in [5.41, 5.74) is 5.26. The summed E-state index contributed by atoms with van der Waals surface area (Å²) in [6.45, 7) is 1.21. The zero-order chi connectivity index (χ0) is 14.5. The van der Waals surface area contributed by atoms with Crippen molar-refractivity contribution in [1.82, 2.24) is 24.9 Å². The maximum Gasteiger partial charge on any atom is 0.224 e. The lowest BCUT2D eigenvalue weighted by Gasteiger charge is -2.27. The molecule has 20 heavy (non-hydrogen) atoms. The van der Waals surface area contributed by atoms with Crippen LogP contribution in [0.2, 0.25) is 0 Å². The van der Waals surface area contributed by atoms with E-state index in [4.69, 9.17) is 5.73 Å². The smallest absolute Gasteiger partial charge is 0.224 e. The molecule has 0 aromatic carbocycles. The Labute approximate surface area is 114 Å². The summed E-state index contributed by atoms with van der Waals surface area (Å²) >= 11 is 0. The lowest BCUT2D eigenvalue weighted by atomic mass is 9.89. The number of nitrogen functional groups attached to an aromatic ring is 1. The van der Waals surface area contributed by atoms with Crippen LogP contribution < -0.4 is 11.1 Å². The summed E-state index contributed by atoms with van der Waals surface area (Å²) in [6.07, 6.45) is 1.71. The molecule has 6 N–H and O–H groups in total. The van der Waals surface area contributed by atoms with Gasteiger partial charge in [0.15, 0.2) is 5.65 Å². The zero-order valence-corrected chi connectivity index (χ0v) is 10.8. The van der Waals surface area contributed by atoms with Crippen LogP contribution in [0.25, 0.3) is 5.65 Å². The number of hydrogen-bond donors (Lipinski definition) is 5. The van der Waals surface area contributed by atoms with Gasteiger partial charge < -0.3 is 21.1 Å². The normalized spacial score (nSPS) is 33.9. The van der Waals surface area contributed by atoms with Crippen molar-refractivity contribution in [2.45, 2.75) is 30.7 Å². The molecule has 9 nitrogen and oxygen atoms in total. The highest BCUT2D eigenvalue weighted by molar-refractivity contribution is 5.52. The van der Waals surface area contributed by atoms with E-state index in [0.717, 1.165) is 0 Å². The first-order chi connectivity index (χ1) is 9.46. The minimum atomic E-state index is -1.46. The van der Waals surface area contributed by atoms with Crippen molar-refractivity contribution in [1.29, 1.82) is 0 Å². The van der Waals surface area contributed by atoms with Crippen molar-refractivity contribution in [3.8, 4) is 0 Å². The quantitative estimate of drug-likeness (QED) is 0.418. The predicted octanol–water partition coefficient (Wildman–Crippen LogP) is -2.18. The van der Waals surface area contributed by atoms with Crippen molar-refractivity contribution >= 4 is 11.6 Å². The van der Waals surface area contributed by atoms with Crippen LogP contribution in [0.3, 0.4) is 0 Å². The number of aromatic nitrogens is 4. The number of nitrogens with two attached hydrogens (primary N) is 1. The van der Waals surface area contributed by atoms with Crippen molar-refractivity contribution in [3.05, 3.63) is 18.1 Å². The monoisotopic (exact) mass is 280 g/mol. The van der Waals surface area contributed by atoms with Gasteiger partial charge in [0.05, 0.1) is 24.9 Å². The van der Waals surface area contributed by atoms with E-state index >= 15 is 0 Å². The minimum Gasteiger partial charge on any atom is -0.395 e. The van der Waals surface area contributed by atoms with Crippen LogP contribution in [0.15, 0.2) is 12.5 Å². The predicted molar refractivity (Wildman–Crippen MR) is 68.6 cm³/mol. The SMILES string of the molecule is C[C@@]1(O)[C@H](O)[C@@H](CO)N[C@H]1c1cnn2c(N)ncnc12. The van der Waals surface area contributed by atoms with Gasteiger partial charge in [-0.15, -0.1) is 0 Å². The second kappa shape index (κ2) is 4.35. The molecular weight excluding hydrogens is 264 g/mol. The van der Waals surface area contributed by atoms with E-state index in [2.05, 4.69) is 20.4 Å². The highest BCUT2D eigenvalue weighted by atomic mass is 16.3. The molecule has 2 aromatic rings. The van der Waals surface area contributed by atoms with Gasteiger partial charge in [-0.1, -0.05) is 0 Å². The van der Waals surface area contributed by atoms with Crippen LogP contribution in [0, 0.1) is 0 Å². The first-order valence-electron chi connectivity index (χ1n) is 6.18. The van der Waals surface area contributed by atoms with E-state index in [0.29, 0.717) is 11.2 Å². The molecule has 0 spiro atoms. The summed E-state index contributed by atoms with van der Waals surface area (Å²) in [5, 5.41) is 36.9. The highest BCUT2D eigenvalue weighted by Gasteiger charge is 2.51. The highest BCUT2D eigenvalue weighted by Crippen LogP contribution is 2.37. The van der Waals surface area contributed by atoms with Crippen LogP contribution in [-0.2, 0) is 0 Å². The fourth-order valence-electron chi connectivity index (χ4n) is 2.66. The molecule has 0 radical (unpaired) electrons.